The van der Waals surface area contributed by atoms with Gasteiger partial charge in [0.05, 0.1) is 12.7 Å². The molecule has 5 nitrogen and oxygen atoms in total. The van der Waals surface area contributed by atoms with Crippen LogP contribution in [0.15, 0.2) is 23.8 Å². The number of aliphatic hydroxyl groups excluding tert-OH is 1. The maximum absolute atomic E-state index is 11.2. The van der Waals surface area contributed by atoms with Crippen molar-refractivity contribution in [1.29, 1.82) is 0 Å². The van der Waals surface area contributed by atoms with Gasteiger partial charge >= 0.3 is 5.97 Å². The van der Waals surface area contributed by atoms with E-state index < -0.39 is 12.1 Å². The lowest BCUT2D eigenvalue weighted by Gasteiger charge is -1.95. The molecule has 0 heterocycles. The number of hydrogen-bond donors (Lipinski definition) is 2. The van der Waals surface area contributed by atoms with Gasteiger partial charge in [-0.2, -0.15) is 0 Å². The van der Waals surface area contributed by atoms with E-state index in [2.05, 4.69) is 0 Å². The number of ketones is 1. The molecule has 0 saturated heterocycles. The Bertz CT molecular complexity index is 329. The minimum atomic E-state index is -1.01. The number of ether oxygens (including phenoxy) is 1. The fourth-order valence-corrected chi connectivity index (χ4v) is 1.38. The average Bonchev–Trinajstić information content (AvgIpc) is 2.50. The molecule has 0 fully saturated rings. The van der Waals surface area contributed by atoms with Gasteiger partial charge in [0.1, 0.15) is 6.61 Å². The first kappa shape index (κ1) is 12.6. The Kier molecular flexibility index (Phi) is 4.88. The molecule has 0 amide bonds. The lowest BCUT2D eigenvalue weighted by Crippen LogP contribution is -2.06. The molecule has 1 rings (SSSR count). The average molecular weight is 226 g/mol. The van der Waals surface area contributed by atoms with Crippen molar-refractivity contribution in [3.63, 3.8) is 0 Å². The number of carbonyl (C=O) groups excluding carboxylic acids is 1. The summed E-state index contributed by atoms with van der Waals surface area (Å²) in [5.41, 5.74) is 0.599. The van der Waals surface area contributed by atoms with Crippen LogP contribution < -0.4 is 0 Å². The number of Topliss-reactive ketones (excluding diaryl/α,β-unsaturated/α-hetero) is 1. The topological polar surface area (TPSA) is 83.8 Å². The molecular formula is C11H14O5. The van der Waals surface area contributed by atoms with E-state index in [9.17, 15) is 9.59 Å². The molecule has 0 radical (unpaired) electrons. The highest BCUT2D eigenvalue weighted by molar-refractivity contribution is 5.98. The molecule has 2 N–H and O–H groups in total. The van der Waals surface area contributed by atoms with Crippen LogP contribution in [0.2, 0.25) is 0 Å². The molecule has 0 aromatic heterocycles. The third-order valence-electron chi connectivity index (χ3n) is 2.09. The molecule has 0 aromatic rings. The Morgan fingerprint density at radius 3 is 2.88 bits per heavy atom. The zero-order chi connectivity index (χ0) is 12.0. The van der Waals surface area contributed by atoms with Crippen LogP contribution in [-0.2, 0) is 14.3 Å². The molecule has 0 bridgehead atoms. The normalized spacial score (nSPS) is 20.4. The van der Waals surface area contributed by atoms with Crippen LogP contribution in [0.25, 0.3) is 0 Å². The van der Waals surface area contributed by atoms with Gasteiger partial charge in [-0.25, -0.2) is 4.79 Å². The lowest BCUT2D eigenvalue weighted by atomic mass is 10.1. The van der Waals surface area contributed by atoms with Gasteiger partial charge in [-0.15, -0.1) is 0 Å². The summed E-state index contributed by atoms with van der Waals surface area (Å²) < 4.78 is 4.77. The number of carboxylic acids is 1. The summed E-state index contributed by atoms with van der Waals surface area (Å²) in [4.78, 5) is 21.3. The Morgan fingerprint density at radius 2 is 2.31 bits per heavy atom. The van der Waals surface area contributed by atoms with Crippen LogP contribution in [0.4, 0.5) is 0 Å². The third-order valence-corrected chi connectivity index (χ3v) is 2.09. The first-order valence-corrected chi connectivity index (χ1v) is 4.96. The predicted octanol–water partition coefficient (Wildman–Crippen LogP) is 0.294. The van der Waals surface area contributed by atoms with Crippen molar-refractivity contribution in [3.05, 3.63) is 23.8 Å². The van der Waals surface area contributed by atoms with Gasteiger partial charge < -0.3 is 14.9 Å². The first-order chi connectivity index (χ1) is 7.59. The molecule has 0 spiro atoms. The van der Waals surface area contributed by atoms with E-state index >= 15 is 0 Å². The summed E-state index contributed by atoms with van der Waals surface area (Å²) >= 11 is 0. The van der Waals surface area contributed by atoms with E-state index in [1.165, 1.54) is 0 Å². The van der Waals surface area contributed by atoms with Crippen molar-refractivity contribution in [1.82, 2.24) is 0 Å². The molecule has 0 aromatic carbocycles. The smallest absolute Gasteiger partial charge is 0.329 e. The number of allylic oxidation sites excluding steroid dienone is 2. The Morgan fingerprint density at radius 1 is 1.56 bits per heavy atom. The van der Waals surface area contributed by atoms with Crippen molar-refractivity contribution in [3.8, 4) is 0 Å². The monoisotopic (exact) mass is 226 g/mol. The molecule has 1 atom stereocenters. The van der Waals surface area contributed by atoms with Gasteiger partial charge in [0, 0.05) is 6.42 Å². The molecule has 1 aliphatic carbocycles. The fourth-order valence-electron chi connectivity index (χ4n) is 1.38. The second-order valence-electron chi connectivity index (χ2n) is 3.47. The van der Waals surface area contributed by atoms with Crippen LogP contribution in [0.3, 0.4) is 0 Å². The van der Waals surface area contributed by atoms with Crippen LogP contribution >= 0.6 is 0 Å². The summed E-state index contributed by atoms with van der Waals surface area (Å²) in [6.07, 6.45) is 4.89. The van der Waals surface area contributed by atoms with Crippen molar-refractivity contribution >= 4 is 11.8 Å². The Hall–Kier alpha value is -1.46. The van der Waals surface area contributed by atoms with Crippen molar-refractivity contribution in [2.24, 2.45) is 0 Å². The quantitative estimate of drug-likeness (QED) is 0.502. The summed E-state index contributed by atoms with van der Waals surface area (Å²) in [5, 5.41) is 17.4. The molecule has 1 unspecified atom stereocenters. The molecule has 0 saturated carbocycles. The van der Waals surface area contributed by atoms with E-state index in [1.807, 2.05) is 0 Å². The van der Waals surface area contributed by atoms with E-state index in [0.29, 0.717) is 12.0 Å². The van der Waals surface area contributed by atoms with E-state index in [-0.39, 0.29) is 25.4 Å². The summed E-state index contributed by atoms with van der Waals surface area (Å²) in [5.74, 6) is -1.05. The molecular weight excluding hydrogens is 212 g/mol. The molecule has 1 aliphatic rings. The number of aliphatic carboxylic acids is 1. The van der Waals surface area contributed by atoms with E-state index in [0.717, 1.165) is 0 Å². The molecule has 5 heteroatoms. The SMILES string of the molecule is O=C(O)COC/C=C\CC1=CC(O)CC1=O. The fraction of sp³-hybridized carbons (Fsp3) is 0.455. The standard InChI is InChI=1S/C11H14O5/c12-9-5-8(10(13)6-9)3-1-2-4-16-7-11(14)15/h1-2,5,9,12H,3-4,6-7H2,(H,14,15)/b2-1-. The van der Waals surface area contributed by atoms with Gasteiger partial charge in [-0.3, -0.25) is 4.79 Å². The minimum absolute atomic E-state index is 0.0383. The Balaban J connectivity index is 2.19. The molecule has 16 heavy (non-hydrogen) atoms. The minimum Gasteiger partial charge on any atom is -0.480 e. The molecule has 88 valence electrons. The number of hydrogen-bond acceptors (Lipinski definition) is 4. The van der Waals surface area contributed by atoms with E-state index in [4.69, 9.17) is 14.9 Å². The second-order valence-corrected chi connectivity index (χ2v) is 3.47. The highest BCUT2D eigenvalue weighted by atomic mass is 16.5. The number of carboxylic acid groups (broad SMARTS) is 1. The van der Waals surface area contributed by atoms with Crippen molar-refractivity contribution < 1.29 is 24.5 Å². The summed E-state index contributed by atoms with van der Waals surface area (Å²) in [7, 11) is 0. The summed E-state index contributed by atoms with van der Waals surface area (Å²) in [6.45, 7) is -0.124. The highest BCUT2D eigenvalue weighted by Gasteiger charge is 2.20. The predicted molar refractivity (Wildman–Crippen MR) is 55.9 cm³/mol. The maximum atomic E-state index is 11.2. The highest BCUT2D eigenvalue weighted by Crippen LogP contribution is 2.17. The van der Waals surface area contributed by atoms with Gasteiger partial charge in [0.2, 0.25) is 0 Å². The number of aliphatic hydroxyl groups is 1. The molecule has 0 aliphatic heterocycles. The van der Waals surface area contributed by atoms with Crippen LogP contribution in [-0.4, -0.2) is 41.3 Å². The zero-order valence-corrected chi connectivity index (χ0v) is 8.76. The van der Waals surface area contributed by atoms with Gasteiger partial charge in [-0.05, 0) is 18.1 Å². The van der Waals surface area contributed by atoms with Gasteiger partial charge in [0.15, 0.2) is 5.78 Å². The van der Waals surface area contributed by atoms with Crippen molar-refractivity contribution in [2.75, 3.05) is 13.2 Å². The van der Waals surface area contributed by atoms with Crippen molar-refractivity contribution in [2.45, 2.75) is 18.9 Å². The second kappa shape index (κ2) is 6.19. The largest absolute Gasteiger partial charge is 0.480 e. The first-order valence-electron chi connectivity index (χ1n) is 4.96. The summed E-state index contributed by atoms with van der Waals surface area (Å²) in [6, 6.07) is 0. The lowest BCUT2D eigenvalue weighted by molar-refractivity contribution is -0.141. The van der Waals surface area contributed by atoms with Crippen LogP contribution in [0, 0.1) is 0 Å². The van der Waals surface area contributed by atoms with Gasteiger partial charge in [-0.1, -0.05) is 12.2 Å². The maximum Gasteiger partial charge on any atom is 0.329 e. The van der Waals surface area contributed by atoms with E-state index in [1.54, 1.807) is 18.2 Å². The number of rotatable bonds is 6. The van der Waals surface area contributed by atoms with Gasteiger partial charge in [0.25, 0.3) is 0 Å². The number of carbonyl (C=O) groups is 2. The van der Waals surface area contributed by atoms with Crippen LogP contribution in [0.5, 0.6) is 0 Å². The Labute approximate surface area is 93.0 Å². The third kappa shape index (κ3) is 4.37. The zero-order valence-electron chi connectivity index (χ0n) is 8.76. The van der Waals surface area contributed by atoms with Crippen LogP contribution in [0.1, 0.15) is 12.8 Å².